The molecule has 114 valence electrons. The summed E-state index contributed by atoms with van der Waals surface area (Å²) in [7, 11) is 0. The summed E-state index contributed by atoms with van der Waals surface area (Å²) in [4.78, 5) is 4.74. The van der Waals surface area contributed by atoms with Gasteiger partial charge in [-0.3, -0.25) is 0 Å². The second-order valence-corrected chi connectivity index (χ2v) is 6.08. The van der Waals surface area contributed by atoms with E-state index in [0.29, 0.717) is 5.92 Å². The molecule has 4 heteroatoms. The fourth-order valence-corrected chi connectivity index (χ4v) is 3.41. The van der Waals surface area contributed by atoms with E-state index in [0.717, 1.165) is 30.9 Å². The van der Waals surface area contributed by atoms with E-state index < -0.39 is 0 Å². The molecule has 1 heterocycles. The fourth-order valence-electron chi connectivity index (χ4n) is 3.41. The molecular formula is C17H25N3O. The van der Waals surface area contributed by atoms with Gasteiger partial charge in [-0.2, -0.15) is 0 Å². The maximum absolute atomic E-state index is 10.1. The Hall–Kier alpha value is -1.39. The van der Waals surface area contributed by atoms with E-state index >= 15 is 0 Å². The predicted molar refractivity (Wildman–Crippen MR) is 85.3 cm³/mol. The average Bonchev–Trinajstić information content (AvgIpc) is 3.31. The van der Waals surface area contributed by atoms with Gasteiger partial charge in [0.25, 0.3) is 0 Å². The van der Waals surface area contributed by atoms with Crippen molar-refractivity contribution < 1.29 is 5.11 Å². The van der Waals surface area contributed by atoms with E-state index in [1.54, 1.807) is 0 Å². The van der Waals surface area contributed by atoms with E-state index in [9.17, 15) is 5.11 Å². The topological polar surface area (TPSA) is 50.1 Å². The van der Waals surface area contributed by atoms with Gasteiger partial charge in [0.2, 0.25) is 0 Å². The zero-order valence-electron chi connectivity index (χ0n) is 13.0. The van der Waals surface area contributed by atoms with Crippen LogP contribution in [0.5, 0.6) is 0 Å². The summed E-state index contributed by atoms with van der Waals surface area (Å²) in [6.45, 7) is 6.11. The summed E-state index contributed by atoms with van der Waals surface area (Å²) in [5.41, 5.74) is 2.02. The molecule has 1 fully saturated rings. The lowest BCUT2D eigenvalue weighted by Gasteiger charge is -2.34. The molecular weight excluding hydrogens is 262 g/mol. The lowest BCUT2D eigenvalue weighted by Crippen LogP contribution is -2.53. The van der Waals surface area contributed by atoms with Crippen LogP contribution in [0.4, 0.5) is 0 Å². The summed E-state index contributed by atoms with van der Waals surface area (Å²) >= 11 is 0. The summed E-state index contributed by atoms with van der Waals surface area (Å²) in [5, 5.41) is 13.6. The third kappa shape index (κ3) is 2.58. The molecule has 2 aromatic rings. The molecule has 0 saturated heterocycles. The Morgan fingerprint density at radius 2 is 2.10 bits per heavy atom. The lowest BCUT2D eigenvalue weighted by atomic mass is 9.93. The number of hydrogen-bond acceptors (Lipinski definition) is 3. The minimum atomic E-state index is -0.206. The molecule has 0 radical (unpaired) electrons. The van der Waals surface area contributed by atoms with Gasteiger partial charge in [-0.25, -0.2) is 4.98 Å². The van der Waals surface area contributed by atoms with Crippen LogP contribution >= 0.6 is 0 Å². The Morgan fingerprint density at radius 1 is 1.33 bits per heavy atom. The molecule has 1 atom stereocenters. The quantitative estimate of drug-likeness (QED) is 0.822. The molecule has 1 unspecified atom stereocenters. The van der Waals surface area contributed by atoms with Crippen LogP contribution in [0.15, 0.2) is 24.3 Å². The van der Waals surface area contributed by atoms with Crippen LogP contribution in [0.2, 0.25) is 0 Å². The molecule has 2 N–H and O–H groups in total. The summed E-state index contributed by atoms with van der Waals surface area (Å²) < 4.78 is 2.30. The van der Waals surface area contributed by atoms with Gasteiger partial charge in [-0.1, -0.05) is 26.0 Å². The zero-order chi connectivity index (χ0) is 14.9. The van der Waals surface area contributed by atoms with Gasteiger partial charge in [0.15, 0.2) is 0 Å². The number of para-hydroxylation sites is 2. The first-order valence-corrected chi connectivity index (χ1v) is 8.04. The first-order valence-electron chi connectivity index (χ1n) is 8.04. The van der Waals surface area contributed by atoms with E-state index in [1.165, 1.54) is 18.4 Å². The molecule has 1 aliphatic carbocycles. The van der Waals surface area contributed by atoms with Gasteiger partial charge in [-0.05, 0) is 37.4 Å². The van der Waals surface area contributed by atoms with Crippen LogP contribution in [0, 0.1) is 5.92 Å². The van der Waals surface area contributed by atoms with Crippen molar-refractivity contribution in [1.29, 1.82) is 0 Å². The molecule has 4 nitrogen and oxygen atoms in total. The number of imidazole rings is 1. The third-order valence-electron chi connectivity index (χ3n) is 4.66. The fraction of sp³-hybridized carbons (Fsp3) is 0.588. The van der Waals surface area contributed by atoms with Crippen LogP contribution < -0.4 is 5.32 Å². The molecule has 3 rings (SSSR count). The van der Waals surface area contributed by atoms with Gasteiger partial charge >= 0.3 is 0 Å². The van der Waals surface area contributed by atoms with E-state index in [1.807, 2.05) is 6.07 Å². The van der Waals surface area contributed by atoms with Crippen LogP contribution in [-0.2, 0) is 13.0 Å². The van der Waals surface area contributed by atoms with Crippen LogP contribution in [0.1, 0.15) is 32.5 Å². The summed E-state index contributed by atoms with van der Waals surface area (Å²) in [6.07, 6.45) is 3.33. The van der Waals surface area contributed by atoms with Crippen molar-refractivity contribution >= 4 is 11.0 Å². The van der Waals surface area contributed by atoms with Gasteiger partial charge in [0.05, 0.1) is 23.2 Å². The Labute approximate surface area is 126 Å². The van der Waals surface area contributed by atoms with Crippen molar-refractivity contribution in [3.05, 3.63) is 30.1 Å². The van der Waals surface area contributed by atoms with Crippen molar-refractivity contribution in [3.8, 4) is 0 Å². The van der Waals surface area contributed by atoms with Crippen LogP contribution in [-0.4, -0.2) is 33.3 Å². The smallest absolute Gasteiger partial charge is 0.109 e. The van der Waals surface area contributed by atoms with Crippen molar-refractivity contribution in [2.75, 3.05) is 13.2 Å². The van der Waals surface area contributed by atoms with Gasteiger partial charge in [0, 0.05) is 13.0 Å². The number of fused-ring (bicyclic) bond motifs is 1. The Balaban J connectivity index is 2.02. The Morgan fingerprint density at radius 3 is 2.71 bits per heavy atom. The SMILES string of the molecule is CCNC(CO)(Cn1c(CC)nc2ccccc21)C1CC1. The number of aryl methyl sites for hydroxylation is 1. The number of aromatic nitrogens is 2. The zero-order valence-corrected chi connectivity index (χ0v) is 13.0. The van der Waals surface area contributed by atoms with Crippen molar-refractivity contribution in [1.82, 2.24) is 14.9 Å². The monoisotopic (exact) mass is 287 g/mol. The van der Waals surface area contributed by atoms with Crippen molar-refractivity contribution in [3.63, 3.8) is 0 Å². The van der Waals surface area contributed by atoms with E-state index in [-0.39, 0.29) is 12.1 Å². The lowest BCUT2D eigenvalue weighted by molar-refractivity contribution is 0.124. The van der Waals surface area contributed by atoms with Crippen molar-refractivity contribution in [2.45, 2.75) is 45.2 Å². The van der Waals surface area contributed by atoms with Gasteiger partial charge in [-0.15, -0.1) is 0 Å². The largest absolute Gasteiger partial charge is 0.394 e. The summed E-state index contributed by atoms with van der Waals surface area (Å²) in [5.74, 6) is 1.68. The standard InChI is InChI=1S/C17H25N3O/c1-3-16-19-14-7-5-6-8-15(14)20(16)11-17(12-21,18-4-2)13-9-10-13/h5-8,13,18,21H,3-4,9-12H2,1-2H3. The number of hydrogen-bond donors (Lipinski definition) is 2. The average molecular weight is 287 g/mol. The molecule has 1 saturated carbocycles. The normalized spacial score (nSPS) is 18.0. The number of benzene rings is 1. The van der Waals surface area contributed by atoms with Crippen molar-refractivity contribution in [2.24, 2.45) is 5.92 Å². The highest BCUT2D eigenvalue weighted by atomic mass is 16.3. The maximum Gasteiger partial charge on any atom is 0.109 e. The Kier molecular flexibility index (Phi) is 4.00. The first kappa shape index (κ1) is 14.5. The second kappa shape index (κ2) is 5.78. The first-order chi connectivity index (χ1) is 10.2. The van der Waals surface area contributed by atoms with Crippen LogP contribution in [0.3, 0.4) is 0 Å². The summed E-state index contributed by atoms with van der Waals surface area (Å²) in [6, 6.07) is 8.28. The van der Waals surface area contributed by atoms with Crippen LogP contribution in [0.25, 0.3) is 11.0 Å². The number of nitrogens with zero attached hydrogens (tertiary/aromatic N) is 2. The molecule has 21 heavy (non-hydrogen) atoms. The number of aliphatic hydroxyl groups is 1. The van der Waals surface area contributed by atoms with Gasteiger partial charge in [0.1, 0.15) is 5.82 Å². The Bertz CT molecular complexity index is 618. The molecule has 0 aliphatic heterocycles. The number of rotatable bonds is 7. The number of likely N-dealkylation sites (N-methyl/N-ethyl adjacent to an activating group) is 1. The van der Waals surface area contributed by atoms with Gasteiger partial charge < -0.3 is 15.0 Å². The molecule has 1 aromatic carbocycles. The second-order valence-electron chi connectivity index (χ2n) is 6.08. The molecule has 0 spiro atoms. The minimum absolute atomic E-state index is 0.182. The molecule has 0 amide bonds. The predicted octanol–water partition coefficient (Wildman–Crippen LogP) is 2.35. The highest BCUT2D eigenvalue weighted by molar-refractivity contribution is 5.75. The molecule has 0 bridgehead atoms. The molecule has 1 aromatic heterocycles. The minimum Gasteiger partial charge on any atom is -0.394 e. The highest BCUT2D eigenvalue weighted by Crippen LogP contribution is 2.41. The highest BCUT2D eigenvalue weighted by Gasteiger charge is 2.45. The van der Waals surface area contributed by atoms with E-state index in [4.69, 9.17) is 4.98 Å². The molecule has 1 aliphatic rings. The van der Waals surface area contributed by atoms with E-state index in [2.05, 4.69) is 41.9 Å². The third-order valence-corrected chi connectivity index (χ3v) is 4.66. The number of aliphatic hydroxyl groups excluding tert-OH is 1. The maximum atomic E-state index is 10.1. The number of nitrogens with one attached hydrogen (secondary N) is 1.